The van der Waals surface area contributed by atoms with E-state index in [0.717, 1.165) is 49.5 Å². The third-order valence-corrected chi connectivity index (χ3v) is 6.62. The third kappa shape index (κ3) is 4.15. The molecule has 2 aromatic carbocycles. The minimum absolute atomic E-state index is 0.245. The minimum atomic E-state index is -0.245. The van der Waals surface area contributed by atoms with Crippen LogP contribution >= 0.6 is 0 Å². The van der Waals surface area contributed by atoms with Crippen LogP contribution in [-0.2, 0) is 11.2 Å². The number of cyclic esters (lactones) is 1. The first-order chi connectivity index (χ1) is 15.6. The maximum atomic E-state index is 11.9. The van der Waals surface area contributed by atoms with Crippen LogP contribution in [0.25, 0.3) is 10.9 Å². The van der Waals surface area contributed by atoms with E-state index in [9.17, 15) is 4.79 Å². The molecular formula is C26H30N4O2. The van der Waals surface area contributed by atoms with Crippen molar-refractivity contribution in [1.29, 1.82) is 0 Å². The molecule has 0 unspecified atom stereocenters. The van der Waals surface area contributed by atoms with E-state index in [-0.39, 0.29) is 6.09 Å². The van der Waals surface area contributed by atoms with Crippen LogP contribution < -0.4 is 9.80 Å². The molecule has 166 valence electrons. The summed E-state index contributed by atoms with van der Waals surface area (Å²) in [5.41, 5.74) is 5.60. The van der Waals surface area contributed by atoms with Crippen LogP contribution in [0.15, 0.2) is 54.6 Å². The number of anilines is 2. The Morgan fingerprint density at radius 1 is 1.06 bits per heavy atom. The highest BCUT2D eigenvalue weighted by Crippen LogP contribution is 2.28. The lowest BCUT2D eigenvalue weighted by Gasteiger charge is -2.41. The van der Waals surface area contributed by atoms with Crippen LogP contribution in [0.3, 0.4) is 0 Å². The molecule has 3 aromatic rings. The number of aromatic nitrogens is 1. The van der Waals surface area contributed by atoms with Crippen molar-refractivity contribution in [3.63, 3.8) is 0 Å². The normalized spacial score (nSPS) is 19.6. The van der Waals surface area contributed by atoms with Gasteiger partial charge in [-0.1, -0.05) is 18.2 Å². The van der Waals surface area contributed by atoms with Gasteiger partial charge in [0.15, 0.2) is 0 Å². The van der Waals surface area contributed by atoms with E-state index in [0.29, 0.717) is 19.2 Å². The van der Waals surface area contributed by atoms with Crippen LogP contribution in [0, 0.1) is 6.92 Å². The summed E-state index contributed by atoms with van der Waals surface area (Å²) in [6, 6.07) is 19.5. The number of ether oxygens (including phenoxy) is 1. The fourth-order valence-corrected chi connectivity index (χ4v) is 4.84. The van der Waals surface area contributed by atoms with Crippen LogP contribution in [0.4, 0.5) is 16.2 Å². The van der Waals surface area contributed by atoms with Crippen molar-refractivity contribution in [2.45, 2.75) is 26.3 Å². The molecule has 2 fully saturated rings. The second-order valence-electron chi connectivity index (χ2n) is 8.81. The summed E-state index contributed by atoms with van der Waals surface area (Å²) in [7, 11) is 0. The molecule has 0 radical (unpaired) electrons. The Balaban J connectivity index is 1.23. The molecule has 2 aliphatic rings. The van der Waals surface area contributed by atoms with E-state index in [1.807, 2.05) is 19.1 Å². The first-order valence-corrected chi connectivity index (χ1v) is 11.5. The standard InChI is InChI=1S/C26H30N4O2/c1-19-9-10-23-24(27-19)7-4-8-25(23)29-14-13-28(20(2)18-29)12-11-21-5-3-6-22(17-21)30-15-16-32-26(30)31/h3-10,17,20H,11-16,18H2,1-2H3/t20-/m0/s1. The van der Waals surface area contributed by atoms with Gasteiger partial charge >= 0.3 is 6.09 Å². The monoisotopic (exact) mass is 430 g/mol. The van der Waals surface area contributed by atoms with Gasteiger partial charge in [-0.25, -0.2) is 4.79 Å². The minimum Gasteiger partial charge on any atom is -0.447 e. The number of aryl methyl sites for hydroxylation is 1. The predicted molar refractivity (Wildman–Crippen MR) is 129 cm³/mol. The largest absolute Gasteiger partial charge is 0.447 e. The molecule has 32 heavy (non-hydrogen) atoms. The van der Waals surface area contributed by atoms with Crippen LogP contribution in [0.5, 0.6) is 0 Å². The molecule has 0 saturated carbocycles. The summed E-state index contributed by atoms with van der Waals surface area (Å²) in [4.78, 5) is 23.4. The highest BCUT2D eigenvalue weighted by molar-refractivity contribution is 5.92. The van der Waals surface area contributed by atoms with Crippen LogP contribution in [0.2, 0.25) is 0 Å². The van der Waals surface area contributed by atoms with E-state index in [1.54, 1.807) is 4.90 Å². The number of pyridine rings is 1. The number of carbonyl (C=O) groups is 1. The quantitative estimate of drug-likeness (QED) is 0.606. The van der Waals surface area contributed by atoms with E-state index >= 15 is 0 Å². The predicted octanol–water partition coefficient (Wildman–Crippen LogP) is 4.25. The zero-order chi connectivity index (χ0) is 22.1. The number of carbonyl (C=O) groups excluding carboxylic acids is 1. The molecule has 1 amide bonds. The van der Waals surface area contributed by atoms with Gasteiger partial charge in [-0.2, -0.15) is 0 Å². The van der Waals surface area contributed by atoms with Crippen molar-refractivity contribution in [1.82, 2.24) is 9.88 Å². The van der Waals surface area contributed by atoms with Gasteiger partial charge in [-0.05, 0) is 62.2 Å². The third-order valence-electron chi connectivity index (χ3n) is 6.62. The van der Waals surface area contributed by atoms with Gasteiger partial charge in [-0.15, -0.1) is 0 Å². The van der Waals surface area contributed by atoms with Gasteiger partial charge in [0, 0.05) is 54.7 Å². The second-order valence-corrected chi connectivity index (χ2v) is 8.81. The summed E-state index contributed by atoms with van der Waals surface area (Å²) in [5.74, 6) is 0. The first kappa shape index (κ1) is 20.8. The molecule has 6 nitrogen and oxygen atoms in total. The molecule has 2 saturated heterocycles. The number of hydrogen-bond donors (Lipinski definition) is 0. The lowest BCUT2D eigenvalue weighted by Crippen LogP contribution is -2.52. The molecule has 0 bridgehead atoms. The molecule has 0 spiro atoms. The Morgan fingerprint density at radius 2 is 1.94 bits per heavy atom. The van der Waals surface area contributed by atoms with Crippen molar-refractivity contribution in [2.24, 2.45) is 0 Å². The zero-order valence-corrected chi connectivity index (χ0v) is 18.8. The molecule has 0 aliphatic carbocycles. The SMILES string of the molecule is Cc1ccc2c(N3CCN(CCc4cccc(N5CCOC5=O)c4)[C@@H](C)C3)cccc2n1. The number of rotatable bonds is 5. The topological polar surface area (TPSA) is 48.9 Å². The Morgan fingerprint density at radius 3 is 2.75 bits per heavy atom. The first-order valence-electron chi connectivity index (χ1n) is 11.5. The number of hydrogen-bond acceptors (Lipinski definition) is 5. The van der Waals surface area contributed by atoms with Crippen molar-refractivity contribution in [3.8, 4) is 0 Å². The van der Waals surface area contributed by atoms with Crippen molar-refractivity contribution >= 4 is 28.4 Å². The number of amides is 1. The average Bonchev–Trinajstić information content (AvgIpc) is 3.23. The van der Waals surface area contributed by atoms with Gasteiger partial charge in [0.05, 0.1) is 12.1 Å². The number of fused-ring (bicyclic) bond motifs is 1. The molecule has 2 aliphatic heterocycles. The average molecular weight is 431 g/mol. The Hall–Kier alpha value is -3.12. The summed E-state index contributed by atoms with van der Waals surface area (Å²) in [6.45, 7) is 9.52. The van der Waals surface area contributed by atoms with Crippen molar-refractivity contribution in [2.75, 3.05) is 49.1 Å². The molecule has 6 heteroatoms. The van der Waals surface area contributed by atoms with E-state index in [2.05, 4.69) is 59.2 Å². The lowest BCUT2D eigenvalue weighted by atomic mass is 10.1. The Bertz CT molecular complexity index is 1130. The number of benzene rings is 2. The second kappa shape index (κ2) is 8.79. The molecular weight excluding hydrogens is 400 g/mol. The molecule has 1 atom stereocenters. The fraction of sp³-hybridized carbons (Fsp3) is 0.385. The highest BCUT2D eigenvalue weighted by Gasteiger charge is 2.26. The maximum absolute atomic E-state index is 11.9. The van der Waals surface area contributed by atoms with Crippen LogP contribution in [0.1, 0.15) is 18.2 Å². The lowest BCUT2D eigenvalue weighted by molar-refractivity contribution is 0.181. The Labute approximate surface area is 189 Å². The van der Waals surface area contributed by atoms with Crippen molar-refractivity contribution < 1.29 is 9.53 Å². The molecule has 1 aromatic heterocycles. The highest BCUT2D eigenvalue weighted by atomic mass is 16.6. The van der Waals surface area contributed by atoms with Crippen molar-refractivity contribution in [3.05, 3.63) is 65.9 Å². The van der Waals surface area contributed by atoms with Gasteiger partial charge in [0.1, 0.15) is 6.61 Å². The Kier molecular flexibility index (Phi) is 5.70. The summed E-state index contributed by atoms with van der Waals surface area (Å²) in [5, 5.41) is 1.23. The van der Waals surface area contributed by atoms with E-state index < -0.39 is 0 Å². The molecule has 3 heterocycles. The van der Waals surface area contributed by atoms with E-state index in [4.69, 9.17) is 9.72 Å². The van der Waals surface area contributed by atoms with E-state index in [1.165, 1.54) is 16.6 Å². The molecule has 0 N–H and O–H groups in total. The van der Waals surface area contributed by atoms with Gasteiger partial charge in [0.2, 0.25) is 0 Å². The van der Waals surface area contributed by atoms with Gasteiger partial charge in [0.25, 0.3) is 0 Å². The number of piperazine rings is 1. The van der Waals surface area contributed by atoms with Gasteiger partial charge < -0.3 is 9.64 Å². The summed E-state index contributed by atoms with van der Waals surface area (Å²) < 4.78 is 5.08. The number of nitrogens with zero attached hydrogens (tertiary/aromatic N) is 4. The fourth-order valence-electron chi connectivity index (χ4n) is 4.84. The zero-order valence-electron chi connectivity index (χ0n) is 18.8. The smallest absolute Gasteiger partial charge is 0.414 e. The molecule has 5 rings (SSSR count). The summed E-state index contributed by atoms with van der Waals surface area (Å²) >= 11 is 0. The van der Waals surface area contributed by atoms with Crippen LogP contribution in [-0.4, -0.2) is 61.3 Å². The van der Waals surface area contributed by atoms with Gasteiger partial charge in [-0.3, -0.25) is 14.8 Å². The summed E-state index contributed by atoms with van der Waals surface area (Å²) in [6.07, 6.45) is 0.726. The maximum Gasteiger partial charge on any atom is 0.414 e.